The van der Waals surface area contributed by atoms with E-state index < -0.39 is 17.1 Å². The standard InChI is InChI=1S/C14H9N3O3/c18-12-5-7-17(16-13(12)14(19)20)11-3-1-2-9-8-15-6-4-10(9)11/h1-8H,(H,19,20). The van der Waals surface area contributed by atoms with Gasteiger partial charge in [-0.2, -0.15) is 5.10 Å². The minimum Gasteiger partial charge on any atom is -0.476 e. The highest BCUT2D eigenvalue weighted by Crippen LogP contribution is 2.20. The number of aromatic carboxylic acids is 1. The van der Waals surface area contributed by atoms with Crippen molar-refractivity contribution in [1.29, 1.82) is 0 Å². The van der Waals surface area contributed by atoms with Crippen LogP contribution >= 0.6 is 0 Å². The summed E-state index contributed by atoms with van der Waals surface area (Å²) in [5, 5.41) is 14.6. The molecule has 6 nitrogen and oxygen atoms in total. The summed E-state index contributed by atoms with van der Waals surface area (Å²) in [5.74, 6) is -1.34. The molecule has 6 heteroatoms. The number of hydrogen-bond acceptors (Lipinski definition) is 4. The molecule has 0 saturated carbocycles. The van der Waals surface area contributed by atoms with Crippen LogP contribution in [-0.4, -0.2) is 25.8 Å². The van der Waals surface area contributed by atoms with E-state index in [2.05, 4.69) is 10.1 Å². The van der Waals surface area contributed by atoms with Crippen LogP contribution in [-0.2, 0) is 0 Å². The van der Waals surface area contributed by atoms with E-state index in [0.29, 0.717) is 5.69 Å². The van der Waals surface area contributed by atoms with E-state index in [0.717, 1.165) is 10.8 Å². The Kier molecular flexibility index (Phi) is 2.76. The first-order valence-electron chi connectivity index (χ1n) is 5.83. The number of nitrogens with zero attached hydrogens (tertiary/aromatic N) is 3. The van der Waals surface area contributed by atoms with Gasteiger partial charge in [0.15, 0.2) is 0 Å². The molecule has 20 heavy (non-hydrogen) atoms. The lowest BCUT2D eigenvalue weighted by Gasteiger charge is -2.08. The van der Waals surface area contributed by atoms with Crippen LogP contribution in [0.15, 0.2) is 53.7 Å². The molecule has 0 saturated heterocycles. The minimum absolute atomic E-state index is 0.501. The highest BCUT2D eigenvalue weighted by molar-refractivity contribution is 5.89. The Morgan fingerprint density at radius 2 is 2.05 bits per heavy atom. The van der Waals surface area contributed by atoms with Gasteiger partial charge in [0, 0.05) is 35.4 Å². The molecule has 0 atom stereocenters. The van der Waals surface area contributed by atoms with Crippen LogP contribution in [0.5, 0.6) is 0 Å². The maximum Gasteiger partial charge on any atom is 0.360 e. The molecule has 0 aliphatic carbocycles. The zero-order chi connectivity index (χ0) is 14.1. The Hall–Kier alpha value is -3.02. The van der Waals surface area contributed by atoms with Crippen molar-refractivity contribution in [1.82, 2.24) is 14.8 Å². The maximum atomic E-state index is 11.4. The van der Waals surface area contributed by atoms with Crippen LogP contribution in [0.3, 0.4) is 0 Å². The number of carbonyl (C=O) groups is 1. The van der Waals surface area contributed by atoms with E-state index in [4.69, 9.17) is 5.11 Å². The SMILES string of the molecule is O=C(O)c1nn(-c2cccc3cnccc23)ccc1=O. The average molecular weight is 267 g/mol. The molecule has 2 heterocycles. The number of pyridine rings is 1. The zero-order valence-electron chi connectivity index (χ0n) is 10.2. The second kappa shape index (κ2) is 4.58. The predicted octanol–water partition coefficient (Wildman–Crippen LogP) is 1.48. The van der Waals surface area contributed by atoms with Crippen LogP contribution in [0.2, 0.25) is 0 Å². The Balaban J connectivity index is 2.29. The van der Waals surface area contributed by atoms with E-state index >= 15 is 0 Å². The Bertz CT molecular complexity index is 865. The van der Waals surface area contributed by atoms with Gasteiger partial charge in [-0.25, -0.2) is 9.48 Å². The maximum absolute atomic E-state index is 11.4. The molecular weight excluding hydrogens is 258 g/mol. The molecule has 0 aliphatic heterocycles. The number of hydrogen-bond donors (Lipinski definition) is 1. The summed E-state index contributed by atoms with van der Waals surface area (Å²) in [5.41, 5.74) is -0.429. The number of aromatic nitrogens is 3. The summed E-state index contributed by atoms with van der Waals surface area (Å²) in [6.07, 6.45) is 4.80. The molecular formula is C14H9N3O3. The van der Waals surface area contributed by atoms with E-state index in [1.807, 2.05) is 18.2 Å². The number of benzene rings is 1. The van der Waals surface area contributed by atoms with Gasteiger partial charge in [-0.3, -0.25) is 9.78 Å². The predicted molar refractivity (Wildman–Crippen MR) is 72.1 cm³/mol. The van der Waals surface area contributed by atoms with Crippen LogP contribution < -0.4 is 5.43 Å². The quantitative estimate of drug-likeness (QED) is 0.760. The summed E-state index contributed by atoms with van der Waals surface area (Å²) in [4.78, 5) is 26.5. The monoisotopic (exact) mass is 267 g/mol. The molecule has 0 unspecified atom stereocenters. The third-order valence-corrected chi connectivity index (χ3v) is 2.92. The molecule has 0 radical (unpaired) electrons. The summed E-state index contributed by atoms with van der Waals surface area (Å²) in [6.45, 7) is 0. The normalized spacial score (nSPS) is 10.6. The molecule has 0 spiro atoms. The fourth-order valence-electron chi connectivity index (χ4n) is 2.00. The van der Waals surface area contributed by atoms with Crippen LogP contribution in [0.25, 0.3) is 16.5 Å². The second-order valence-electron chi connectivity index (χ2n) is 4.15. The largest absolute Gasteiger partial charge is 0.476 e. The molecule has 1 N–H and O–H groups in total. The summed E-state index contributed by atoms with van der Waals surface area (Å²) >= 11 is 0. The first kappa shape index (κ1) is 12.0. The highest BCUT2D eigenvalue weighted by Gasteiger charge is 2.12. The van der Waals surface area contributed by atoms with Crippen molar-refractivity contribution in [3.63, 3.8) is 0 Å². The van der Waals surface area contributed by atoms with E-state index in [9.17, 15) is 9.59 Å². The second-order valence-corrected chi connectivity index (χ2v) is 4.15. The van der Waals surface area contributed by atoms with Gasteiger partial charge in [0.1, 0.15) is 0 Å². The van der Waals surface area contributed by atoms with Crippen molar-refractivity contribution < 1.29 is 9.90 Å². The smallest absolute Gasteiger partial charge is 0.360 e. The van der Waals surface area contributed by atoms with Gasteiger partial charge in [0.05, 0.1) is 5.69 Å². The lowest BCUT2D eigenvalue weighted by atomic mass is 10.1. The topological polar surface area (TPSA) is 85.1 Å². The molecule has 0 bridgehead atoms. The van der Waals surface area contributed by atoms with E-state index in [-0.39, 0.29) is 0 Å². The summed E-state index contributed by atoms with van der Waals surface area (Å²) < 4.78 is 1.38. The van der Waals surface area contributed by atoms with Crippen molar-refractivity contribution in [3.05, 3.63) is 64.8 Å². The van der Waals surface area contributed by atoms with Gasteiger partial charge in [0.2, 0.25) is 11.1 Å². The van der Waals surface area contributed by atoms with Crippen LogP contribution in [0, 0.1) is 0 Å². The number of carboxylic acids is 1. The van der Waals surface area contributed by atoms with Crippen molar-refractivity contribution >= 4 is 16.7 Å². The van der Waals surface area contributed by atoms with Gasteiger partial charge in [-0.05, 0) is 12.1 Å². The number of rotatable bonds is 2. The van der Waals surface area contributed by atoms with Crippen LogP contribution in [0.1, 0.15) is 10.5 Å². The third-order valence-electron chi connectivity index (χ3n) is 2.92. The van der Waals surface area contributed by atoms with Gasteiger partial charge >= 0.3 is 5.97 Å². The number of fused-ring (bicyclic) bond motifs is 1. The Morgan fingerprint density at radius 3 is 2.85 bits per heavy atom. The van der Waals surface area contributed by atoms with Crippen molar-refractivity contribution in [2.45, 2.75) is 0 Å². The lowest BCUT2D eigenvalue weighted by Crippen LogP contribution is -2.20. The van der Waals surface area contributed by atoms with Gasteiger partial charge in [-0.1, -0.05) is 12.1 Å². The molecule has 2 aromatic heterocycles. The van der Waals surface area contributed by atoms with E-state index in [1.165, 1.54) is 16.9 Å². The highest BCUT2D eigenvalue weighted by atomic mass is 16.4. The molecule has 3 rings (SSSR count). The van der Waals surface area contributed by atoms with Crippen molar-refractivity contribution in [2.75, 3.05) is 0 Å². The molecule has 1 aromatic carbocycles. The van der Waals surface area contributed by atoms with Gasteiger partial charge in [0.25, 0.3) is 0 Å². The van der Waals surface area contributed by atoms with E-state index in [1.54, 1.807) is 18.5 Å². The first-order valence-corrected chi connectivity index (χ1v) is 5.83. The summed E-state index contributed by atoms with van der Waals surface area (Å²) in [7, 11) is 0. The lowest BCUT2D eigenvalue weighted by molar-refractivity contribution is 0.0687. The third kappa shape index (κ3) is 1.93. The minimum atomic E-state index is -1.34. The van der Waals surface area contributed by atoms with Crippen LogP contribution in [0.4, 0.5) is 0 Å². The number of carboxylic acid groups (broad SMARTS) is 1. The van der Waals surface area contributed by atoms with Gasteiger partial charge < -0.3 is 5.11 Å². The van der Waals surface area contributed by atoms with Gasteiger partial charge in [-0.15, -0.1) is 0 Å². The molecule has 0 fully saturated rings. The fraction of sp³-hybridized carbons (Fsp3) is 0. The zero-order valence-corrected chi connectivity index (χ0v) is 10.2. The fourth-order valence-corrected chi connectivity index (χ4v) is 2.00. The average Bonchev–Trinajstić information content (AvgIpc) is 2.47. The first-order chi connectivity index (χ1) is 9.66. The van der Waals surface area contributed by atoms with Crippen molar-refractivity contribution in [3.8, 4) is 5.69 Å². The Morgan fingerprint density at radius 1 is 1.20 bits per heavy atom. The molecule has 98 valence electrons. The Labute approximate surface area is 112 Å². The molecule has 3 aromatic rings. The summed E-state index contributed by atoms with van der Waals surface area (Å²) in [6, 6.07) is 8.51. The van der Waals surface area contributed by atoms with Crippen molar-refractivity contribution in [2.24, 2.45) is 0 Å². The molecule has 0 aliphatic rings. The molecule has 0 amide bonds.